The van der Waals surface area contributed by atoms with Gasteiger partial charge in [0.05, 0.1) is 26.3 Å². The fourth-order valence-electron chi connectivity index (χ4n) is 7.52. The number of piperidine rings is 2. The Balaban J connectivity index is 0.000000191. The summed E-state index contributed by atoms with van der Waals surface area (Å²) in [6.45, 7) is 4.20. The van der Waals surface area contributed by atoms with Crippen LogP contribution in [0.1, 0.15) is 51.4 Å². The van der Waals surface area contributed by atoms with Gasteiger partial charge in [-0.05, 0) is 115 Å². The summed E-state index contributed by atoms with van der Waals surface area (Å²) < 4.78 is 0. The van der Waals surface area contributed by atoms with Crippen molar-refractivity contribution in [3.05, 3.63) is 56.6 Å². The van der Waals surface area contributed by atoms with E-state index in [1.165, 1.54) is 63.5 Å². The van der Waals surface area contributed by atoms with E-state index in [9.17, 15) is 10.1 Å². The van der Waals surface area contributed by atoms with E-state index in [-0.39, 0.29) is 5.69 Å². The second-order valence-electron chi connectivity index (χ2n) is 13.6. The van der Waals surface area contributed by atoms with Gasteiger partial charge in [0.15, 0.2) is 0 Å². The topological polar surface area (TPSA) is 102 Å². The SMILES string of the molecule is CN(C)C1CC2(CCN(c3ccc(N)cc3Cl)CC2)C1.CN(C)C1CC2(CCN(c3ccc([N+](=O)[O-])cc3Cl)CC2)C1.CO. The minimum atomic E-state index is -0.406. The standard InChI is InChI=1S/C16H22ClN3O2.C16H24ClN3.CH4O/c1-18(2)13-10-16(11-13)5-7-19(8-6-16)15-4-3-12(20(21)22)9-14(15)17;1-19(2)13-10-16(11-13)5-7-20(8-6-16)15-4-3-12(18)9-14(15)17;1-2/h3-4,9,13H,5-8,10-11H2,1-2H3;3-4,9,13H,5-8,10-11,18H2,1-2H3;2H,1H3. The van der Waals surface area contributed by atoms with Gasteiger partial charge in [-0.3, -0.25) is 10.1 Å². The average molecular weight is 650 g/mol. The minimum absolute atomic E-state index is 0.0510. The lowest BCUT2D eigenvalue weighted by atomic mass is 9.60. The van der Waals surface area contributed by atoms with Crippen LogP contribution in [0.3, 0.4) is 0 Å². The molecular formula is C33H50Cl2N6O3. The van der Waals surface area contributed by atoms with Crippen molar-refractivity contribution in [2.75, 3.05) is 77.0 Å². The van der Waals surface area contributed by atoms with Crippen LogP contribution in [0.25, 0.3) is 0 Å². The van der Waals surface area contributed by atoms with Gasteiger partial charge in [-0.15, -0.1) is 0 Å². The van der Waals surface area contributed by atoms with Gasteiger partial charge in [-0.1, -0.05) is 23.2 Å². The number of nitro groups is 1. The van der Waals surface area contributed by atoms with E-state index >= 15 is 0 Å². The molecule has 0 amide bonds. The number of aliphatic hydroxyl groups excluding tert-OH is 1. The Morgan fingerprint density at radius 3 is 1.50 bits per heavy atom. The lowest BCUT2D eigenvalue weighted by Crippen LogP contribution is -2.53. The predicted molar refractivity (Wildman–Crippen MR) is 183 cm³/mol. The van der Waals surface area contributed by atoms with Gasteiger partial charge in [-0.2, -0.15) is 0 Å². The number of rotatable bonds is 5. The average Bonchev–Trinajstić information content (AvgIpc) is 2.96. The van der Waals surface area contributed by atoms with E-state index in [2.05, 4.69) is 53.9 Å². The molecule has 2 saturated carbocycles. The summed E-state index contributed by atoms with van der Waals surface area (Å²) in [5.41, 5.74) is 9.73. The molecule has 2 heterocycles. The smallest absolute Gasteiger partial charge is 0.271 e. The number of nitro benzene ring substituents is 1. The van der Waals surface area contributed by atoms with Gasteiger partial charge in [0.2, 0.25) is 0 Å². The Kier molecular flexibility index (Phi) is 11.3. The van der Waals surface area contributed by atoms with E-state index in [4.69, 9.17) is 34.0 Å². The van der Waals surface area contributed by atoms with Crippen molar-refractivity contribution in [2.45, 2.75) is 63.5 Å². The number of aliphatic hydroxyl groups is 1. The Hall–Kier alpha value is -2.30. The molecule has 2 spiro atoms. The third kappa shape index (κ3) is 7.73. The van der Waals surface area contributed by atoms with Crippen LogP contribution in [0.4, 0.5) is 22.7 Å². The number of nitrogens with zero attached hydrogens (tertiary/aromatic N) is 5. The van der Waals surface area contributed by atoms with Crippen molar-refractivity contribution in [1.82, 2.24) is 9.80 Å². The van der Waals surface area contributed by atoms with E-state index in [1.54, 1.807) is 6.07 Å². The van der Waals surface area contributed by atoms with Crippen molar-refractivity contribution in [3.8, 4) is 0 Å². The van der Waals surface area contributed by atoms with Crippen LogP contribution in [0, 0.1) is 20.9 Å². The quantitative estimate of drug-likeness (QED) is 0.218. The van der Waals surface area contributed by atoms with Crippen molar-refractivity contribution < 1.29 is 10.0 Å². The van der Waals surface area contributed by atoms with Crippen LogP contribution in [0.15, 0.2) is 36.4 Å². The number of nitrogen functional groups attached to an aromatic ring is 1. The zero-order valence-corrected chi connectivity index (χ0v) is 28.4. The number of halogens is 2. The molecule has 3 N–H and O–H groups in total. The highest BCUT2D eigenvalue weighted by atomic mass is 35.5. The largest absolute Gasteiger partial charge is 0.400 e. The zero-order valence-electron chi connectivity index (χ0n) is 26.9. The maximum absolute atomic E-state index is 10.8. The van der Waals surface area contributed by atoms with Crippen molar-refractivity contribution >= 4 is 46.0 Å². The predicted octanol–water partition coefficient (Wildman–Crippen LogP) is 6.40. The highest BCUT2D eigenvalue weighted by molar-refractivity contribution is 6.33. The van der Waals surface area contributed by atoms with Crippen LogP contribution < -0.4 is 15.5 Å². The summed E-state index contributed by atoms with van der Waals surface area (Å²) in [6, 6.07) is 12.1. The van der Waals surface area contributed by atoms with E-state index < -0.39 is 4.92 Å². The Morgan fingerprint density at radius 2 is 1.16 bits per heavy atom. The first-order valence-electron chi connectivity index (χ1n) is 15.7. The van der Waals surface area contributed by atoms with Crippen LogP contribution in [0.5, 0.6) is 0 Å². The minimum Gasteiger partial charge on any atom is -0.400 e. The third-order valence-electron chi connectivity index (χ3n) is 10.6. The first-order valence-corrected chi connectivity index (χ1v) is 16.4. The molecule has 0 radical (unpaired) electrons. The molecule has 0 aromatic heterocycles. The fourth-order valence-corrected chi connectivity index (χ4v) is 8.12. The number of non-ortho nitro benzene ring substituents is 1. The first kappa shape index (κ1) is 34.6. The molecule has 9 nitrogen and oxygen atoms in total. The summed E-state index contributed by atoms with van der Waals surface area (Å²) in [6.07, 6.45) is 10.3. The Morgan fingerprint density at radius 1 is 0.773 bits per heavy atom. The molecule has 2 aromatic rings. The van der Waals surface area contributed by atoms with E-state index in [0.29, 0.717) is 15.9 Å². The Labute approximate surface area is 273 Å². The highest BCUT2D eigenvalue weighted by Crippen LogP contribution is 2.52. The lowest BCUT2D eigenvalue weighted by Gasteiger charge is -2.54. The number of benzene rings is 2. The molecule has 0 bridgehead atoms. The highest BCUT2D eigenvalue weighted by Gasteiger charge is 2.47. The van der Waals surface area contributed by atoms with Crippen LogP contribution >= 0.6 is 23.2 Å². The van der Waals surface area contributed by atoms with Crippen molar-refractivity contribution in [1.29, 1.82) is 0 Å². The molecular weight excluding hydrogens is 599 g/mol. The maximum Gasteiger partial charge on any atom is 0.271 e. The van der Waals surface area contributed by atoms with Gasteiger partial charge in [-0.25, -0.2) is 0 Å². The molecule has 4 fully saturated rings. The van der Waals surface area contributed by atoms with Crippen molar-refractivity contribution in [2.24, 2.45) is 10.8 Å². The second-order valence-corrected chi connectivity index (χ2v) is 14.4. The van der Waals surface area contributed by atoms with Crippen LogP contribution in [-0.4, -0.2) is 93.4 Å². The van der Waals surface area contributed by atoms with Crippen LogP contribution in [0.2, 0.25) is 10.0 Å². The van der Waals surface area contributed by atoms with E-state index in [1.807, 2.05) is 12.1 Å². The van der Waals surface area contributed by atoms with Gasteiger partial charge in [0.1, 0.15) is 0 Å². The second kappa shape index (κ2) is 14.4. The molecule has 2 saturated heterocycles. The molecule has 2 aliphatic heterocycles. The number of hydrogen-bond donors (Lipinski definition) is 2. The summed E-state index contributed by atoms with van der Waals surface area (Å²) >= 11 is 12.6. The third-order valence-corrected chi connectivity index (χ3v) is 11.2. The summed E-state index contributed by atoms with van der Waals surface area (Å²) in [7, 11) is 9.70. The molecule has 4 aliphatic rings. The van der Waals surface area contributed by atoms with E-state index in [0.717, 1.165) is 67.5 Å². The monoisotopic (exact) mass is 648 g/mol. The fraction of sp³-hybridized carbons (Fsp3) is 0.636. The normalized spacial score (nSPS) is 22.1. The maximum atomic E-state index is 10.8. The molecule has 0 unspecified atom stereocenters. The molecule has 6 rings (SSSR count). The first-order chi connectivity index (χ1) is 20.9. The zero-order chi connectivity index (χ0) is 32.2. The molecule has 11 heteroatoms. The van der Waals surface area contributed by atoms with Gasteiger partial charge in [0, 0.05) is 63.2 Å². The molecule has 2 aromatic carbocycles. The summed E-state index contributed by atoms with van der Waals surface area (Å²) in [5, 5.41) is 19.0. The lowest BCUT2D eigenvalue weighted by molar-refractivity contribution is -0.384. The molecule has 244 valence electrons. The number of hydrogen-bond acceptors (Lipinski definition) is 8. The Bertz CT molecular complexity index is 1260. The van der Waals surface area contributed by atoms with Gasteiger partial charge >= 0.3 is 0 Å². The number of anilines is 3. The molecule has 0 atom stereocenters. The summed E-state index contributed by atoms with van der Waals surface area (Å²) in [5.74, 6) is 0. The molecule has 44 heavy (non-hydrogen) atoms. The number of nitrogens with two attached hydrogens (primary N) is 1. The summed E-state index contributed by atoms with van der Waals surface area (Å²) in [4.78, 5) is 19.8. The van der Waals surface area contributed by atoms with Gasteiger partial charge in [0.25, 0.3) is 5.69 Å². The van der Waals surface area contributed by atoms with Crippen LogP contribution in [-0.2, 0) is 0 Å². The van der Waals surface area contributed by atoms with Gasteiger partial charge < -0.3 is 30.4 Å². The molecule has 2 aliphatic carbocycles. The van der Waals surface area contributed by atoms with Crippen molar-refractivity contribution in [3.63, 3.8) is 0 Å².